The van der Waals surface area contributed by atoms with Crippen LogP contribution in [-0.2, 0) is 18.9 Å². The smallest absolute Gasteiger partial charge is 0.354 e. The molecule has 0 bridgehead atoms. The molecule has 4 atom stereocenters. The zero-order valence-corrected chi connectivity index (χ0v) is 29.5. The lowest BCUT2D eigenvalue weighted by molar-refractivity contribution is -0.149. The average molecular weight is 711 g/mol. The number of carboxylic acid groups (broad SMARTS) is 1. The van der Waals surface area contributed by atoms with E-state index in [1.807, 2.05) is 24.5 Å². The van der Waals surface area contributed by atoms with E-state index in [9.17, 15) is 28.8 Å². The van der Waals surface area contributed by atoms with E-state index in [1.54, 1.807) is 74.5 Å². The lowest BCUT2D eigenvalue weighted by Gasteiger charge is -2.24. The van der Waals surface area contributed by atoms with Crippen molar-refractivity contribution in [2.24, 2.45) is 0 Å². The number of hydrogen-bond acceptors (Lipinski definition) is 8. The number of fused-ring (bicyclic) bond motifs is 1. The molecule has 0 spiro atoms. The standard InChI is InChI=1S/C37H44FN2O9P/c1-23(2)40-33-18-16-31(47-22-50(46,49-30-9-7-6-8-10-30)39-25(5)37(45)48-24(3)4)21-32(33)36(26-11-13-27(38)14-12-26)34(40)17-15-28(41)19-29(42)20-35(43)44/h6-18,21,23-25,28-29,41-42H,19-20,22H2,1-5H3,(H,39,46)(H,43,44)/t25-,28+,29+,50?/m0/s1. The summed E-state index contributed by atoms with van der Waals surface area (Å²) in [4.78, 5) is 23.6. The molecule has 1 unspecified atom stereocenters. The highest BCUT2D eigenvalue weighted by molar-refractivity contribution is 7.57. The fraction of sp³-hybridized carbons (Fsp3) is 0.351. The first-order valence-electron chi connectivity index (χ1n) is 16.3. The second kappa shape index (κ2) is 17.0. The van der Waals surface area contributed by atoms with Gasteiger partial charge in [-0.05, 0) is 88.7 Å². The Morgan fingerprint density at radius 2 is 1.64 bits per heavy atom. The van der Waals surface area contributed by atoms with Crippen LogP contribution in [0.4, 0.5) is 4.39 Å². The van der Waals surface area contributed by atoms with Crippen LogP contribution < -0.4 is 14.3 Å². The summed E-state index contributed by atoms with van der Waals surface area (Å²) >= 11 is 0. The van der Waals surface area contributed by atoms with Crippen molar-refractivity contribution in [2.45, 2.75) is 77.9 Å². The number of hydrogen-bond donors (Lipinski definition) is 4. The summed E-state index contributed by atoms with van der Waals surface area (Å²) in [7, 11) is -3.87. The molecule has 3 aromatic carbocycles. The lowest BCUT2D eigenvalue weighted by atomic mass is 10.0. The van der Waals surface area contributed by atoms with Crippen LogP contribution in [-0.4, -0.2) is 62.5 Å². The van der Waals surface area contributed by atoms with Crippen molar-refractivity contribution in [1.82, 2.24) is 9.65 Å². The molecule has 0 fully saturated rings. The largest absolute Gasteiger partial charge is 0.481 e. The summed E-state index contributed by atoms with van der Waals surface area (Å²) in [5, 5.41) is 33.2. The van der Waals surface area contributed by atoms with E-state index in [-0.39, 0.29) is 18.6 Å². The van der Waals surface area contributed by atoms with Crippen LogP contribution in [0.2, 0.25) is 0 Å². The second-order valence-electron chi connectivity index (χ2n) is 12.5. The summed E-state index contributed by atoms with van der Waals surface area (Å²) < 4.78 is 47.5. The summed E-state index contributed by atoms with van der Waals surface area (Å²) in [5.74, 6) is -1.54. The Bertz CT molecular complexity index is 1840. The van der Waals surface area contributed by atoms with Gasteiger partial charge in [-0.3, -0.25) is 14.2 Å². The molecular formula is C37H44FN2O9P. The number of rotatable bonds is 17. The highest BCUT2D eigenvalue weighted by Crippen LogP contribution is 2.45. The van der Waals surface area contributed by atoms with Crippen LogP contribution in [0.1, 0.15) is 59.2 Å². The Morgan fingerprint density at radius 1 is 0.960 bits per heavy atom. The minimum Gasteiger partial charge on any atom is -0.481 e. The first-order valence-corrected chi connectivity index (χ1v) is 18.1. The Kier molecular flexibility index (Phi) is 13.0. The predicted molar refractivity (Wildman–Crippen MR) is 190 cm³/mol. The number of aliphatic hydroxyl groups is 2. The van der Waals surface area contributed by atoms with Crippen molar-refractivity contribution in [2.75, 3.05) is 6.35 Å². The SMILES string of the molecule is CC(C)OC(=O)[C@H](C)NP(=O)(COc1ccc2c(c1)c(-c1ccc(F)cc1)c(C=C[C@@H](O)C[C@@H](O)CC(=O)O)n2C(C)C)Oc1ccccc1. The number of aliphatic hydroxyl groups excluding tert-OH is 2. The van der Waals surface area contributed by atoms with E-state index in [0.717, 1.165) is 5.52 Å². The van der Waals surface area contributed by atoms with Gasteiger partial charge in [0.1, 0.15) is 23.4 Å². The molecule has 0 saturated heterocycles. The van der Waals surface area contributed by atoms with Crippen LogP contribution in [0, 0.1) is 5.82 Å². The third-order valence-corrected chi connectivity index (χ3v) is 9.31. The Morgan fingerprint density at radius 3 is 2.26 bits per heavy atom. The highest BCUT2D eigenvalue weighted by atomic mass is 31.2. The Hall–Kier alpha value is -4.48. The molecule has 50 heavy (non-hydrogen) atoms. The van der Waals surface area contributed by atoms with Gasteiger partial charge in [0.25, 0.3) is 0 Å². The minimum atomic E-state index is -3.87. The number of carboxylic acids is 1. The van der Waals surface area contributed by atoms with Crippen molar-refractivity contribution in [3.63, 3.8) is 0 Å². The maximum atomic E-state index is 14.2. The van der Waals surface area contributed by atoms with Crippen molar-refractivity contribution in [1.29, 1.82) is 0 Å². The van der Waals surface area contributed by atoms with Crippen LogP contribution in [0.15, 0.2) is 78.9 Å². The molecule has 11 nitrogen and oxygen atoms in total. The lowest BCUT2D eigenvalue weighted by Crippen LogP contribution is -2.36. The van der Waals surface area contributed by atoms with E-state index in [4.69, 9.17) is 19.1 Å². The van der Waals surface area contributed by atoms with Crippen LogP contribution in [0.25, 0.3) is 28.1 Å². The Balaban J connectivity index is 1.74. The molecule has 0 aliphatic carbocycles. The zero-order valence-electron chi connectivity index (χ0n) is 28.7. The molecule has 0 amide bonds. The molecule has 1 aromatic heterocycles. The van der Waals surface area contributed by atoms with E-state index < -0.39 is 56.3 Å². The number of nitrogens with one attached hydrogen (secondary N) is 1. The van der Waals surface area contributed by atoms with Crippen molar-refractivity contribution in [3.8, 4) is 22.6 Å². The second-order valence-corrected chi connectivity index (χ2v) is 14.6. The molecule has 0 saturated carbocycles. The third kappa shape index (κ3) is 10.3. The summed E-state index contributed by atoms with van der Waals surface area (Å²) in [6.07, 6.45) is -0.695. The summed E-state index contributed by atoms with van der Waals surface area (Å²) in [5.41, 5.74) is 2.83. The Labute approximate surface area is 290 Å². The number of aromatic nitrogens is 1. The monoisotopic (exact) mass is 710 g/mol. The fourth-order valence-electron chi connectivity index (χ4n) is 5.47. The van der Waals surface area contributed by atoms with Gasteiger partial charge in [0.15, 0.2) is 6.35 Å². The van der Waals surface area contributed by atoms with Gasteiger partial charge in [-0.2, -0.15) is 0 Å². The van der Waals surface area contributed by atoms with Crippen molar-refractivity contribution >= 4 is 36.4 Å². The maximum absolute atomic E-state index is 14.2. The third-order valence-electron chi connectivity index (χ3n) is 7.55. The number of halogens is 1. The maximum Gasteiger partial charge on any atom is 0.354 e. The molecule has 268 valence electrons. The van der Waals surface area contributed by atoms with E-state index in [2.05, 4.69) is 5.09 Å². The number of carbonyl (C=O) groups excluding carboxylic acids is 1. The van der Waals surface area contributed by atoms with Crippen LogP contribution in [0.3, 0.4) is 0 Å². The first kappa shape index (κ1) is 38.3. The van der Waals surface area contributed by atoms with Gasteiger partial charge in [-0.15, -0.1) is 0 Å². The van der Waals surface area contributed by atoms with Gasteiger partial charge in [0.2, 0.25) is 0 Å². The molecule has 4 rings (SSSR count). The number of benzene rings is 3. The zero-order chi connectivity index (χ0) is 36.6. The summed E-state index contributed by atoms with van der Waals surface area (Å²) in [6.45, 7) is 8.92. The van der Waals surface area contributed by atoms with Gasteiger partial charge in [0.05, 0.1) is 24.7 Å². The number of para-hydroxylation sites is 1. The number of aliphatic carboxylic acids is 1. The van der Waals surface area contributed by atoms with Gasteiger partial charge >= 0.3 is 19.5 Å². The van der Waals surface area contributed by atoms with Gasteiger partial charge in [-0.1, -0.05) is 36.4 Å². The average Bonchev–Trinajstić information content (AvgIpc) is 3.36. The van der Waals surface area contributed by atoms with Gasteiger partial charge in [0, 0.05) is 34.6 Å². The van der Waals surface area contributed by atoms with E-state index in [0.29, 0.717) is 33.7 Å². The number of carbonyl (C=O) groups is 2. The molecule has 13 heteroatoms. The summed E-state index contributed by atoms with van der Waals surface area (Å²) in [6, 6.07) is 18.7. The van der Waals surface area contributed by atoms with E-state index >= 15 is 0 Å². The molecule has 4 aromatic rings. The molecule has 1 heterocycles. The normalized spacial score (nSPS) is 14.8. The van der Waals surface area contributed by atoms with Crippen LogP contribution >= 0.6 is 7.52 Å². The van der Waals surface area contributed by atoms with Crippen molar-refractivity contribution in [3.05, 3.63) is 90.4 Å². The number of ether oxygens (including phenoxy) is 2. The predicted octanol–water partition coefficient (Wildman–Crippen LogP) is 7.17. The number of esters is 1. The fourth-order valence-corrected chi connectivity index (χ4v) is 7.13. The van der Waals surface area contributed by atoms with Crippen molar-refractivity contribution < 1.29 is 47.9 Å². The molecule has 0 aliphatic rings. The van der Waals surface area contributed by atoms with Gasteiger partial charge in [-0.25, -0.2) is 9.48 Å². The number of nitrogens with zero attached hydrogens (tertiary/aromatic N) is 1. The minimum absolute atomic E-state index is 0.0800. The quantitative estimate of drug-likeness (QED) is 0.0655. The highest BCUT2D eigenvalue weighted by Gasteiger charge is 2.32. The molecule has 0 radical (unpaired) electrons. The molecule has 0 aliphatic heterocycles. The first-order chi connectivity index (χ1) is 23.7. The molecular weight excluding hydrogens is 666 g/mol. The topological polar surface area (TPSA) is 157 Å². The van der Waals surface area contributed by atoms with Gasteiger partial charge < -0.3 is 33.9 Å². The molecule has 4 N–H and O–H groups in total. The van der Waals surface area contributed by atoms with E-state index in [1.165, 1.54) is 25.1 Å². The van der Waals surface area contributed by atoms with Crippen LogP contribution in [0.5, 0.6) is 11.5 Å².